The van der Waals surface area contributed by atoms with Crippen molar-refractivity contribution in [3.8, 4) is 0 Å². The molecule has 0 atom stereocenters. The SMILES string of the molecule is CC(C)OC(=O)c1cc2sc(Cl)cc2n(Cc2cccc(F)c2)c1=O. The quantitative estimate of drug-likeness (QED) is 0.628. The number of nitrogens with zero attached hydrogens (tertiary/aromatic N) is 1. The van der Waals surface area contributed by atoms with Gasteiger partial charge < -0.3 is 9.30 Å². The predicted octanol–water partition coefficient (Wildman–Crippen LogP) is 4.47. The molecule has 25 heavy (non-hydrogen) atoms. The first kappa shape index (κ1) is 17.6. The normalized spacial score (nSPS) is 11.2. The summed E-state index contributed by atoms with van der Waals surface area (Å²) in [6.07, 6.45) is -0.341. The molecule has 0 aliphatic rings. The molecule has 0 saturated carbocycles. The average molecular weight is 380 g/mol. The van der Waals surface area contributed by atoms with Gasteiger partial charge in [-0.15, -0.1) is 11.3 Å². The van der Waals surface area contributed by atoms with E-state index in [4.69, 9.17) is 16.3 Å². The fourth-order valence-electron chi connectivity index (χ4n) is 2.53. The lowest BCUT2D eigenvalue weighted by Crippen LogP contribution is -2.28. The summed E-state index contributed by atoms with van der Waals surface area (Å²) in [6.45, 7) is 3.55. The van der Waals surface area contributed by atoms with E-state index in [0.29, 0.717) is 20.1 Å². The molecule has 0 radical (unpaired) electrons. The molecule has 3 aromatic rings. The molecule has 0 fully saturated rings. The third-order valence-corrected chi connectivity index (χ3v) is 4.74. The van der Waals surface area contributed by atoms with Crippen LogP contribution in [0.4, 0.5) is 4.39 Å². The van der Waals surface area contributed by atoms with Crippen molar-refractivity contribution >= 4 is 39.1 Å². The second-order valence-electron chi connectivity index (χ2n) is 5.83. The number of hydrogen-bond acceptors (Lipinski definition) is 4. The van der Waals surface area contributed by atoms with E-state index >= 15 is 0 Å². The Labute approximate surface area is 152 Å². The Morgan fingerprint density at radius 1 is 1.32 bits per heavy atom. The smallest absolute Gasteiger partial charge is 0.344 e. The van der Waals surface area contributed by atoms with Gasteiger partial charge in [0.1, 0.15) is 11.4 Å². The highest BCUT2D eigenvalue weighted by atomic mass is 35.5. The first-order chi connectivity index (χ1) is 11.8. The number of rotatable bonds is 4. The van der Waals surface area contributed by atoms with Crippen molar-refractivity contribution in [2.45, 2.75) is 26.5 Å². The number of carbonyl (C=O) groups excluding carboxylic acids is 1. The van der Waals surface area contributed by atoms with E-state index in [9.17, 15) is 14.0 Å². The number of benzene rings is 1. The van der Waals surface area contributed by atoms with Crippen LogP contribution in [0.15, 0.2) is 41.2 Å². The molecule has 130 valence electrons. The third-order valence-electron chi connectivity index (χ3n) is 3.54. The Hall–Kier alpha value is -2.18. The second-order valence-corrected chi connectivity index (χ2v) is 7.55. The van der Waals surface area contributed by atoms with Gasteiger partial charge in [-0.3, -0.25) is 4.79 Å². The number of fused-ring (bicyclic) bond motifs is 1. The Kier molecular flexibility index (Phi) is 4.92. The molecule has 0 spiro atoms. The van der Waals surface area contributed by atoms with E-state index in [1.54, 1.807) is 32.0 Å². The summed E-state index contributed by atoms with van der Waals surface area (Å²) >= 11 is 7.34. The van der Waals surface area contributed by atoms with Gasteiger partial charge in [-0.25, -0.2) is 9.18 Å². The predicted molar refractivity (Wildman–Crippen MR) is 97.1 cm³/mol. The summed E-state index contributed by atoms with van der Waals surface area (Å²) in [5, 5.41) is 0. The molecule has 0 saturated heterocycles. The molecule has 7 heteroatoms. The largest absolute Gasteiger partial charge is 0.459 e. The number of esters is 1. The summed E-state index contributed by atoms with van der Waals surface area (Å²) in [4.78, 5) is 25.1. The molecule has 1 aromatic carbocycles. The van der Waals surface area contributed by atoms with E-state index in [1.165, 1.54) is 34.1 Å². The highest BCUT2D eigenvalue weighted by Gasteiger charge is 2.19. The number of carbonyl (C=O) groups is 1. The van der Waals surface area contributed by atoms with Gasteiger partial charge in [0, 0.05) is 0 Å². The lowest BCUT2D eigenvalue weighted by atomic mass is 10.2. The van der Waals surface area contributed by atoms with Gasteiger partial charge in [-0.05, 0) is 43.7 Å². The number of halogens is 2. The van der Waals surface area contributed by atoms with Crippen LogP contribution in [-0.2, 0) is 11.3 Å². The van der Waals surface area contributed by atoms with Gasteiger partial charge >= 0.3 is 5.97 Å². The highest BCUT2D eigenvalue weighted by molar-refractivity contribution is 7.22. The van der Waals surface area contributed by atoms with E-state index in [0.717, 1.165) is 0 Å². The van der Waals surface area contributed by atoms with Crippen LogP contribution in [0.25, 0.3) is 10.2 Å². The summed E-state index contributed by atoms with van der Waals surface area (Å²) < 4.78 is 21.2. The van der Waals surface area contributed by atoms with E-state index in [-0.39, 0.29) is 24.0 Å². The monoisotopic (exact) mass is 379 g/mol. The molecule has 2 aromatic heterocycles. The molecule has 0 bridgehead atoms. The van der Waals surface area contributed by atoms with Crippen LogP contribution < -0.4 is 5.56 Å². The van der Waals surface area contributed by atoms with Crippen LogP contribution in [-0.4, -0.2) is 16.6 Å². The molecule has 0 unspecified atom stereocenters. The van der Waals surface area contributed by atoms with E-state index in [1.807, 2.05) is 0 Å². The van der Waals surface area contributed by atoms with E-state index < -0.39 is 11.5 Å². The summed E-state index contributed by atoms with van der Waals surface area (Å²) in [5.41, 5.74) is 0.665. The average Bonchev–Trinajstić information content (AvgIpc) is 2.89. The highest BCUT2D eigenvalue weighted by Crippen LogP contribution is 2.29. The number of ether oxygens (including phenoxy) is 1. The number of aromatic nitrogens is 1. The number of hydrogen-bond donors (Lipinski definition) is 0. The third kappa shape index (κ3) is 3.75. The minimum Gasteiger partial charge on any atom is -0.459 e. The zero-order valence-corrected chi connectivity index (χ0v) is 15.2. The van der Waals surface area contributed by atoms with Crippen LogP contribution in [0.5, 0.6) is 0 Å². The number of thiophene rings is 1. The van der Waals surface area contributed by atoms with Gasteiger partial charge in [0.2, 0.25) is 0 Å². The van der Waals surface area contributed by atoms with Gasteiger partial charge in [-0.2, -0.15) is 0 Å². The Morgan fingerprint density at radius 3 is 2.76 bits per heavy atom. The molecule has 0 N–H and O–H groups in total. The molecule has 2 heterocycles. The van der Waals surface area contributed by atoms with Crippen molar-refractivity contribution in [2.75, 3.05) is 0 Å². The maximum Gasteiger partial charge on any atom is 0.344 e. The van der Waals surface area contributed by atoms with Crippen molar-refractivity contribution in [3.05, 3.63) is 68.0 Å². The van der Waals surface area contributed by atoms with Crippen molar-refractivity contribution < 1.29 is 13.9 Å². The zero-order valence-electron chi connectivity index (χ0n) is 13.6. The van der Waals surface area contributed by atoms with Crippen molar-refractivity contribution in [3.63, 3.8) is 0 Å². The summed E-state index contributed by atoms with van der Waals surface area (Å²) in [6, 6.07) is 9.14. The number of pyridine rings is 1. The maximum absolute atomic E-state index is 13.5. The van der Waals surface area contributed by atoms with E-state index in [2.05, 4.69) is 0 Å². The van der Waals surface area contributed by atoms with Crippen LogP contribution >= 0.6 is 22.9 Å². The first-order valence-corrected chi connectivity index (χ1v) is 8.83. The van der Waals surface area contributed by atoms with Gasteiger partial charge in [0.25, 0.3) is 5.56 Å². The van der Waals surface area contributed by atoms with Gasteiger partial charge in [-0.1, -0.05) is 23.7 Å². The standard InChI is InChI=1S/C18H15ClFNO3S/c1-10(2)24-18(23)13-7-15-14(8-16(19)25-15)21(17(13)22)9-11-4-3-5-12(20)6-11/h3-8,10H,9H2,1-2H3. The maximum atomic E-state index is 13.5. The van der Waals surface area contributed by atoms with Gasteiger partial charge in [0.15, 0.2) is 0 Å². The topological polar surface area (TPSA) is 48.3 Å². The lowest BCUT2D eigenvalue weighted by molar-refractivity contribution is 0.0375. The van der Waals surface area contributed by atoms with Crippen molar-refractivity contribution in [1.29, 1.82) is 0 Å². The molecular weight excluding hydrogens is 365 g/mol. The minimum absolute atomic E-state index is 0.0591. The second kappa shape index (κ2) is 6.98. The Balaban J connectivity index is 2.16. The summed E-state index contributed by atoms with van der Waals surface area (Å²) in [5.74, 6) is -1.07. The summed E-state index contributed by atoms with van der Waals surface area (Å²) in [7, 11) is 0. The molecule has 0 aliphatic carbocycles. The van der Waals surface area contributed by atoms with Crippen molar-refractivity contribution in [1.82, 2.24) is 4.57 Å². The van der Waals surface area contributed by atoms with Crippen LogP contribution in [0.1, 0.15) is 29.8 Å². The fourth-order valence-corrected chi connectivity index (χ4v) is 3.71. The molecule has 3 rings (SSSR count). The molecular formula is C18H15ClFNO3S. The molecule has 0 aliphatic heterocycles. The lowest BCUT2D eigenvalue weighted by Gasteiger charge is -2.12. The Bertz CT molecular complexity index is 1010. The minimum atomic E-state index is -0.681. The van der Waals surface area contributed by atoms with Crippen molar-refractivity contribution in [2.24, 2.45) is 0 Å². The van der Waals surface area contributed by atoms with Crippen LogP contribution in [0.2, 0.25) is 4.34 Å². The molecule has 0 amide bonds. The van der Waals surface area contributed by atoms with Gasteiger partial charge in [0.05, 0.1) is 27.2 Å². The van der Waals surface area contributed by atoms with Crippen LogP contribution in [0.3, 0.4) is 0 Å². The zero-order chi connectivity index (χ0) is 18.1. The fraction of sp³-hybridized carbons (Fsp3) is 0.222. The Morgan fingerprint density at radius 2 is 2.08 bits per heavy atom. The van der Waals surface area contributed by atoms with Crippen LogP contribution in [0, 0.1) is 5.82 Å². The first-order valence-electron chi connectivity index (χ1n) is 7.63. The molecule has 4 nitrogen and oxygen atoms in total.